The molecule has 2 bridgehead atoms. The lowest BCUT2D eigenvalue weighted by Crippen LogP contribution is -2.60. The van der Waals surface area contributed by atoms with Crippen molar-refractivity contribution >= 4 is 5.78 Å². The summed E-state index contributed by atoms with van der Waals surface area (Å²) < 4.78 is 16.7. The topological polar surface area (TPSA) is 48.0 Å². The van der Waals surface area contributed by atoms with Crippen molar-refractivity contribution < 1.29 is 19.0 Å². The average molecular weight is 343 g/mol. The van der Waals surface area contributed by atoms with E-state index in [1.165, 1.54) is 11.1 Å². The fourth-order valence-electron chi connectivity index (χ4n) is 5.21. The molecule has 0 radical (unpaired) electrons. The van der Waals surface area contributed by atoms with Gasteiger partial charge in [0.2, 0.25) is 0 Å². The number of ketones is 1. The number of methoxy groups -OCH3 is 3. The normalized spacial score (nSPS) is 30.9. The molecule has 1 saturated heterocycles. The Bertz CT molecular complexity index is 756. The van der Waals surface area contributed by atoms with Crippen LogP contribution in [0, 0.1) is 5.92 Å². The molecule has 1 fully saturated rings. The third-order valence-electron chi connectivity index (χ3n) is 6.39. The number of nitrogens with zero attached hydrogens (tertiary/aromatic N) is 1. The first kappa shape index (κ1) is 16.5. The van der Waals surface area contributed by atoms with Crippen LogP contribution in [0.15, 0.2) is 24.0 Å². The van der Waals surface area contributed by atoms with Crippen LogP contribution in [-0.2, 0) is 21.4 Å². The summed E-state index contributed by atoms with van der Waals surface area (Å²) in [7, 11) is 7.11. The Morgan fingerprint density at radius 2 is 1.96 bits per heavy atom. The first-order valence-corrected chi connectivity index (χ1v) is 8.79. The summed E-state index contributed by atoms with van der Waals surface area (Å²) in [5.74, 6) is 2.36. The number of benzene rings is 1. The van der Waals surface area contributed by atoms with Gasteiger partial charge in [0.15, 0.2) is 23.0 Å². The maximum atomic E-state index is 12.7. The van der Waals surface area contributed by atoms with Crippen LogP contribution in [0.4, 0.5) is 0 Å². The van der Waals surface area contributed by atoms with Crippen molar-refractivity contribution in [1.82, 2.24) is 4.90 Å². The lowest BCUT2D eigenvalue weighted by molar-refractivity contribution is -0.122. The highest BCUT2D eigenvalue weighted by atomic mass is 16.5. The summed E-state index contributed by atoms with van der Waals surface area (Å²) in [4.78, 5) is 15.2. The molecule has 5 nitrogen and oxygen atoms in total. The molecule has 4 rings (SSSR count). The van der Waals surface area contributed by atoms with Crippen molar-refractivity contribution in [2.75, 3.05) is 34.9 Å². The Morgan fingerprint density at radius 1 is 1.16 bits per heavy atom. The Kier molecular flexibility index (Phi) is 3.80. The van der Waals surface area contributed by atoms with Gasteiger partial charge in [-0.3, -0.25) is 4.79 Å². The number of allylic oxidation sites excluding steroid dienone is 1. The standard InChI is InChI=1S/C20H25NO4/c1-21-8-7-20-11-15(22)17(24-3)10-13(20)14(21)9-12-5-6-16(23-2)19(25-4)18(12)20/h5-6,10,13-14H,7-9,11H2,1-4H3/t13-,14+,20-/m0/s1. The first-order chi connectivity index (χ1) is 12.1. The number of likely N-dealkylation sites (tertiary alicyclic amines) is 1. The molecule has 134 valence electrons. The van der Waals surface area contributed by atoms with Crippen molar-refractivity contribution in [3.05, 3.63) is 35.1 Å². The van der Waals surface area contributed by atoms with E-state index in [0.29, 0.717) is 18.2 Å². The highest BCUT2D eigenvalue weighted by Crippen LogP contribution is 2.57. The van der Waals surface area contributed by atoms with E-state index in [9.17, 15) is 4.79 Å². The van der Waals surface area contributed by atoms with Gasteiger partial charge in [0.25, 0.3) is 0 Å². The van der Waals surface area contributed by atoms with Crippen LogP contribution in [-0.4, -0.2) is 51.6 Å². The van der Waals surface area contributed by atoms with Crippen molar-refractivity contribution in [3.8, 4) is 11.5 Å². The van der Waals surface area contributed by atoms with Crippen molar-refractivity contribution in [1.29, 1.82) is 0 Å². The summed E-state index contributed by atoms with van der Waals surface area (Å²) in [6.45, 7) is 0.977. The van der Waals surface area contributed by atoms with Crippen LogP contribution >= 0.6 is 0 Å². The number of piperidine rings is 1. The second-order valence-corrected chi connectivity index (χ2v) is 7.35. The molecule has 0 N–H and O–H groups in total. The molecule has 1 heterocycles. The first-order valence-electron chi connectivity index (χ1n) is 8.79. The van der Waals surface area contributed by atoms with Crippen molar-refractivity contribution in [3.63, 3.8) is 0 Å². The second kappa shape index (κ2) is 5.77. The number of rotatable bonds is 3. The quantitative estimate of drug-likeness (QED) is 0.843. The summed E-state index contributed by atoms with van der Waals surface area (Å²) >= 11 is 0. The number of carbonyl (C=O) groups excluding carboxylic acids is 1. The van der Waals surface area contributed by atoms with E-state index in [4.69, 9.17) is 14.2 Å². The zero-order valence-electron chi connectivity index (χ0n) is 15.3. The minimum absolute atomic E-state index is 0.0831. The Hall–Kier alpha value is -2.01. The molecule has 3 atom stereocenters. The largest absolute Gasteiger partial charge is 0.493 e. The third-order valence-corrected chi connectivity index (χ3v) is 6.39. The maximum absolute atomic E-state index is 12.7. The molecule has 5 heteroatoms. The predicted molar refractivity (Wildman–Crippen MR) is 94.2 cm³/mol. The SMILES string of the molecule is COC1=C[C@H]2[C@H]3Cc4ccc(OC)c(OC)c4[C@@]2(CCN3C)CC1=O. The number of carbonyl (C=O) groups is 1. The van der Waals surface area contributed by atoms with Gasteiger partial charge < -0.3 is 19.1 Å². The van der Waals surface area contributed by atoms with E-state index < -0.39 is 0 Å². The van der Waals surface area contributed by atoms with Gasteiger partial charge in [-0.1, -0.05) is 6.07 Å². The number of hydrogen-bond donors (Lipinski definition) is 0. The molecular formula is C20H25NO4. The summed E-state index contributed by atoms with van der Waals surface area (Å²) in [6.07, 6.45) is 4.41. The Morgan fingerprint density at radius 3 is 2.64 bits per heavy atom. The highest BCUT2D eigenvalue weighted by molar-refractivity contribution is 5.96. The van der Waals surface area contributed by atoms with Gasteiger partial charge in [-0.05, 0) is 44.1 Å². The van der Waals surface area contributed by atoms with Gasteiger partial charge in [0, 0.05) is 29.4 Å². The molecule has 1 aliphatic heterocycles. The third kappa shape index (κ3) is 2.15. The number of fused-ring (bicyclic) bond motifs is 1. The smallest absolute Gasteiger partial charge is 0.197 e. The molecule has 1 aromatic rings. The van der Waals surface area contributed by atoms with E-state index in [1.807, 2.05) is 6.07 Å². The molecule has 2 aliphatic carbocycles. The van der Waals surface area contributed by atoms with Crippen LogP contribution in [0.3, 0.4) is 0 Å². The summed E-state index contributed by atoms with van der Waals surface area (Å²) in [6, 6.07) is 4.49. The van der Waals surface area contributed by atoms with E-state index in [1.54, 1.807) is 21.3 Å². The van der Waals surface area contributed by atoms with Crippen molar-refractivity contribution in [2.24, 2.45) is 5.92 Å². The van der Waals surface area contributed by atoms with E-state index in [0.717, 1.165) is 30.9 Å². The van der Waals surface area contributed by atoms with Gasteiger partial charge in [-0.15, -0.1) is 0 Å². The van der Waals surface area contributed by atoms with E-state index in [2.05, 4.69) is 24.1 Å². The van der Waals surface area contributed by atoms with Crippen molar-refractivity contribution in [2.45, 2.75) is 30.7 Å². The van der Waals surface area contributed by atoms with E-state index >= 15 is 0 Å². The molecular weight excluding hydrogens is 318 g/mol. The van der Waals surface area contributed by atoms with Crippen LogP contribution in [0.1, 0.15) is 24.0 Å². The molecule has 1 aromatic carbocycles. The van der Waals surface area contributed by atoms with Gasteiger partial charge in [0.05, 0.1) is 21.3 Å². The van der Waals surface area contributed by atoms with Crippen LogP contribution in [0.2, 0.25) is 0 Å². The monoisotopic (exact) mass is 343 g/mol. The minimum Gasteiger partial charge on any atom is -0.493 e. The summed E-state index contributed by atoms with van der Waals surface area (Å²) in [5.41, 5.74) is 2.21. The minimum atomic E-state index is -0.232. The number of Topliss-reactive ketones (excluding diaryl/α,β-unsaturated/α-hetero) is 1. The van der Waals surface area contributed by atoms with Crippen LogP contribution in [0.25, 0.3) is 0 Å². The lowest BCUT2D eigenvalue weighted by Gasteiger charge is -2.56. The van der Waals surface area contributed by atoms with Gasteiger partial charge in [-0.25, -0.2) is 0 Å². The van der Waals surface area contributed by atoms with Crippen LogP contribution in [0.5, 0.6) is 11.5 Å². The molecule has 0 saturated carbocycles. The zero-order chi connectivity index (χ0) is 17.8. The predicted octanol–water partition coefficient (Wildman–Crippen LogP) is 2.32. The molecule has 25 heavy (non-hydrogen) atoms. The summed E-state index contributed by atoms with van der Waals surface area (Å²) in [5, 5.41) is 0. The number of hydrogen-bond acceptors (Lipinski definition) is 5. The molecule has 0 aromatic heterocycles. The molecule has 3 aliphatic rings. The van der Waals surface area contributed by atoms with Gasteiger partial charge in [0.1, 0.15) is 0 Å². The number of likely N-dealkylation sites (N-methyl/N-ethyl adjacent to an activating group) is 1. The van der Waals surface area contributed by atoms with E-state index in [-0.39, 0.29) is 17.1 Å². The molecule has 0 unspecified atom stereocenters. The van der Waals surface area contributed by atoms with Gasteiger partial charge >= 0.3 is 0 Å². The van der Waals surface area contributed by atoms with Gasteiger partial charge in [-0.2, -0.15) is 0 Å². The second-order valence-electron chi connectivity index (χ2n) is 7.35. The molecule has 0 amide bonds. The number of ether oxygens (including phenoxy) is 3. The van der Waals surface area contributed by atoms with Crippen LogP contribution < -0.4 is 9.47 Å². The lowest BCUT2D eigenvalue weighted by atomic mass is 9.53. The Balaban J connectivity index is 1.98. The zero-order valence-corrected chi connectivity index (χ0v) is 15.3. The highest BCUT2D eigenvalue weighted by Gasteiger charge is 2.56. The molecule has 0 spiro atoms. The maximum Gasteiger partial charge on any atom is 0.197 e. The average Bonchev–Trinajstić information content (AvgIpc) is 2.62. The fourth-order valence-corrected chi connectivity index (χ4v) is 5.21. The Labute approximate surface area is 148 Å². The fraction of sp³-hybridized carbons (Fsp3) is 0.550.